The van der Waals surface area contributed by atoms with Crippen LogP contribution in [0.3, 0.4) is 0 Å². The van der Waals surface area contributed by atoms with Crippen molar-refractivity contribution in [1.29, 1.82) is 0 Å². The second-order valence-corrected chi connectivity index (χ2v) is 8.78. The molecule has 6 nitrogen and oxygen atoms in total. The van der Waals surface area contributed by atoms with Crippen molar-refractivity contribution in [2.24, 2.45) is 0 Å². The largest absolute Gasteiger partial charge is 1.00 e. The van der Waals surface area contributed by atoms with Gasteiger partial charge in [0.2, 0.25) is 10.0 Å². The molecule has 0 radical (unpaired) electrons. The van der Waals surface area contributed by atoms with Crippen LogP contribution in [-0.2, 0) is 21.2 Å². The molecule has 2 aromatic carbocycles. The summed E-state index contributed by atoms with van der Waals surface area (Å²) in [4.78, 5) is 10.6. The number of carbonyl (C=O) groups excluding carboxylic acids is 1. The van der Waals surface area contributed by atoms with E-state index in [0.717, 1.165) is 17.7 Å². The Kier molecular flexibility index (Phi) is 11.2. The second-order valence-electron chi connectivity index (χ2n) is 5.76. The zero-order chi connectivity index (χ0) is 19.7. The first kappa shape index (κ1) is 25.0. The number of carboxylic acids is 1. The molecule has 0 fully saturated rings. The molecule has 0 bridgehead atoms. The SMILES string of the molecule is CCC(NS(=O)(=O)c1ccccc1)SCCc1ccc(OCC(=O)[O-])cc1.[Na+]. The van der Waals surface area contributed by atoms with Crippen LogP contribution in [0, 0.1) is 0 Å². The van der Waals surface area contributed by atoms with Crippen molar-refractivity contribution in [3.63, 3.8) is 0 Å². The molecule has 0 aliphatic heterocycles. The summed E-state index contributed by atoms with van der Waals surface area (Å²) in [6, 6.07) is 15.5. The number of carboxylic acid groups (broad SMARTS) is 1. The van der Waals surface area contributed by atoms with Gasteiger partial charge in [0, 0.05) is 0 Å². The van der Waals surface area contributed by atoms with Crippen molar-refractivity contribution >= 4 is 27.8 Å². The number of thioether (sulfide) groups is 1. The number of carbonyl (C=O) groups is 1. The molecule has 0 aliphatic rings. The third-order valence-corrected chi connectivity index (χ3v) is 6.63. The quantitative estimate of drug-likeness (QED) is 0.355. The van der Waals surface area contributed by atoms with Gasteiger partial charge < -0.3 is 14.6 Å². The van der Waals surface area contributed by atoms with Crippen LogP contribution < -0.4 is 44.1 Å². The molecule has 0 saturated heterocycles. The van der Waals surface area contributed by atoms with E-state index in [0.29, 0.717) is 12.2 Å². The molecular weight excluding hydrogens is 409 g/mol. The summed E-state index contributed by atoms with van der Waals surface area (Å²) < 4.78 is 32.6. The molecule has 0 spiro atoms. The van der Waals surface area contributed by atoms with Gasteiger partial charge in [-0.25, -0.2) is 8.42 Å². The number of sulfonamides is 1. The molecule has 0 heterocycles. The topological polar surface area (TPSA) is 95.5 Å². The Labute approximate surface area is 192 Å². The zero-order valence-electron chi connectivity index (χ0n) is 16.0. The Balaban J connectivity index is 0.00000392. The maximum atomic E-state index is 12.4. The van der Waals surface area contributed by atoms with Crippen LogP contribution in [0.1, 0.15) is 18.9 Å². The fourth-order valence-electron chi connectivity index (χ4n) is 2.29. The van der Waals surface area contributed by atoms with Crippen molar-refractivity contribution in [3.05, 3.63) is 60.2 Å². The number of rotatable bonds is 11. The molecular formula is C19H22NNaO5S2. The predicted octanol–water partition coefficient (Wildman–Crippen LogP) is -1.19. The molecule has 0 saturated carbocycles. The minimum absolute atomic E-state index is 0. The van der Waals surface area contributed by atoms with Crippen molar-refractivity contribution in [1.82, 2.24) is 4.72 Å². The summed E-state index contributed by atoms with van der Waals surface area (Å²) in [6.07, 6.45) is 1.43. The molecule has 28 heavy (non-hydrogen) atoms. The average Bonchev–Trinajstić information content (AvgIpc) is 2.67. The van der Waals surface area contributed by atoms with Gasteiger partial charge in [0.25, 0.3) is 0 Å². The van der Waals surface area contributed by atoms with E-state index in [1.807, 2.05) is 19.1 Å². The van der Waals surface area contributed by atoms with E-state index in [9.17, 15) is 18.3 Å². The van der Waals surface area contributed by atoms with E-state index in [2.05, 4.69) is 4.72 Å². The zero-order valence-corrected chi connectivity index (χ0v) is 19.6. The third-order valence-electron chi connectivity index (χ3n) is 3.70. The minimum Gasteiger partial charge on any atom is -0.546 e. The van der Waals surface area contributed by atoms with Gasteiger partial charge in [-0.1, -0.05) is 37.3 Å². The number of aryl methyl sites for hydroxylation is 1. The van der Waals surface area contributed by atoms with Crippen LogP contribution in [0.2, 0.25) is 0 Å². The van der Waals surface area contributed by atoms with E-state index in [-0.39, 0.29) is 39.8 Å². The van der Waals surface area contributed by atoms with E-state index in [4.69, 9.17) is 4.74 Å². The third kappa shape index (κ3) is 8.55. The number of hydrogen-bond donors (Lipinski definition) is 1. The molecule has 1 unspecified atom stereocenters. The Bertz CT molecular complexity index is 829. The number of hydrogen-bond acceptors (Lipinski definition) is 6. The summed E-state index contributed by atoms with van der Waals surface area (Å²) in [5, 5.41) is 10.2. The van der Waals surface area contributed by atoms with Crippen LogP contribution in [0.25, 0.3) is 0 Å². The Morgan fingerprint density at radius 3 is 2.36 bits per heavy atom. The van der Waals surface area contributed by atoms with Crippen molar-refractivity contribution < 1.29 is 52.6 Å². The van der Waals surface area contributed by atoms with Crippen LogP contribution in [0.4, 0.5) is 0 Å². The van der Waals surface area contributed by atoms with Crippen LogP contribution >= 0.6 is 11.8 Å². The van der Waals surface area contributed by atoms with E-state index in [1.54, 1.807) is 54.2 Å². The van der Waals surface area contributed by atoms with Crippen LogP contribution in [0.15, 0.2) is 59.5 Å². The summed E-state index contributed by atoms with van der Waals surface area (Å²) in [5.41, 5.74) is 1.06. The smallest absolute Gasteiger partial charge is 0.546 e. The van der Waals surface area contributed by atoms with Gasteiger partial charge >= 0.3 is 29.6 Å². The Morgan fingerprint density at radius 2 is 1.79 bits per heavy atom. The molecule has 2 aromatic rings. The average molecular weight is 432 g/mol. The number of benzene rings is 2. The van der Waals surface area contributed by atoms with Crippen molar-refractivity contribution in [2.75, 3.05) is 12.4 Å². The van der Waals surface area contributed by atoms with Gasteiger partial charge in [-0.15, -0.1) is 11.8 Å². The molecule has 0 aromatic heterocycles. The number of ether oxygens (including phenoxy) is 1. The summed E-state index contributed by atoms with van der Waals surface area (Å²) in [5.74, 6) is -0.0496. The number of aliphatic carboxylic acids is 1. The Morgan fingerprint density at radius 1 is 1.14 bits per heavy atom. The van der Waals surface area contributed by atoms with Gasteiger partial charge in [-0.2, -0.15) is 4.72 Å². The predicted molar refractivity (Wildman–Crippen MR) is 104 cm³/mol. The van der Waals surface area contributed by atoms with Crippen molar-refractivity contribution in [3.8, 4) is 5.75 Å². The fraction of sp³-hybridized carbons (Fsp3) is 0.316. The number of nitrogens with one attached hydrogen (secondary N) is 1. The van der Waals surface area contributed by atoms with Gasteiger partial charge in [0.1, 0.15) is 12.4 Å². The van der Waals surface area contributed by atoms with Crippen LogP contribution in [-0.4, -0.2) is 32.1 Å². The normalized spacial score (nSPS) is 12.0. The monoisotopic (exact) mass is 431 g/mol. The molecule has 1 atom stereocenters. The molecule has 1 N–H and O–H groups in total. The van der Waals surface area contributed by atoms with Crippen molar-refractivity contribution in [2.45, 2.75) is 30.0 Å². The molecule has 9 heteroatoms. The van der Waals surface area contributed by atoms with Gasteiger partial charge in [-0.05, 0) is 48.4 Å². The van der Waals surface area contributed by atoms with Crippen LogP contribution in [0.5, 0.6) is 5.75 Å². The van der Waals surface area contributed by atoms with E-state index < -0.39 is 22.6 Å². The molecule has 0 amide bonds. The first-order valence-corrected chi connectivity index (χ1v) is 11.0. The maximum absolute atomic E-state index is 12.4. The first-order valence-electron chi connectivity index (χ1n) is 8.51. The molecule has 146 valence electrons. The molecule has 2 rings (SSSR count). The first-order chi connectivity index (χ1) is 12.9. The molecule has 0 aliphatic carbocycles. The van der Waals surface area contributed by atoms with Gasteiger partial charge in [0.05, 0.1) is 16.2 Å². The minimum atomic E-state index is -3.53. The Hall–Kier alpha value is -1.03. The van der Waals surface area contributed by atoms with Gasteiger partial charge in [0.15, 0.2) is 0 Å². The van der Waals surface area contributed by atoms with E-state index >= 15 is 0 Å². The summed E-state index contributed by atoms with van der Waals surface area (Å²) in [7, 11) is -3.53. The maximum Gasteiger partial charge on any atom is 1.00 e. The fourth-order valence-corrected chi connectivity index (χ4v) is 4.98. The van der Waals surface area contributed by atoms with E-state index in [1.165, 1.54) is 0 Å². The second kappa shape index (κ2) is 12.5. The standard InChI is InChI=1S/C19H23NO5S2.Na/c1-2-18(20-27(23,24)17-6-4-3-5-7-17)26-13-12-15-8-10-16(11-9-15)25-14-19(21)22;/h3-11,18,20H,2,12-14H2,1H3,(H,21,22);/q;+1/p-1. The summed E-state index contributed by atoms with van der Waals surface area (Å²) >= 11 is 1.55. The summed E-state index contributed by atoms with van der Waals surface area (Å²) in [6.45, 7) is 1.46. The van der Waals surface area contributed by atoms with Gasteiger partial charge in [-0.3, -0.25) is 0 Å².